The van der Waals surface area contributed by atoms with Crippen LogP contribution in [0.15, 0.2) is 55.1 Å². The van der Waals surface area contributed by atoms with Gasteiger partial charge < -0.3 is 25.6 Å². The lowest BCUT2D eigenvalue weighted by atomic mass is 10.2. The van der Waals surface area contributed by atoms with E-state index < -0.39 is 0 Å². The average molecular weight is 440 g/mol. The highest BCUT2D eigenvalue weighted by Crippen LogP contribution is 2.24. The van der Waals surface area contributed by atoms with E-state index in [2.05, 4.69) is 46.3 Å². The van der Waals surface area contributed by atoms with Crippen LogP contribution < -0.4 is 16.0 Å². The molecule has 3 N–H and O–H groups in total. The normalized spacial score (nSPS) is 11.3. The van der Waals surface area contributed by atoms with E-state index >= 15 is 0 Å². The third-order valence-electron chi connectivity index (χ3n) is 4.76. The Hall–Kier alpha value is -2.90. The molecule has 0 aliphatic heterocycles. The number of rotatable bonds is 12. The highest BCUT2D eigenvalue weighted by molar-refractivity contribution is 6.04. The molecule has 1 aromatic carbocycles. The predicted molar refractivity (Wildman–Crippen MR) is 132 cm³/mol. The summed E-state index contributed by atoms with van der Waals surface area (Å²) in [6.45, 7) is 18.8. The third-order valence-corrected chi connectivity index (χ3v) is 4.76. The maximum absolute atomic E-state index is 12.7. The molecule has 1 amide bonds. The number of benzene rings is 1. The summed E-state index contributed by atoms with van der Waals surface area (Å²) in [5, 5.41) is 9.45. The van der Waals surface area contributed by atoms with Gasteiger partial charge in [-0.2, -0.15) is 0 Å². The zero-order valence-corrected chi connectivity index (χ0v) is 20.0. The molecule has 174 valence electrons. The molecule has 2 aromatic rings. The van der Waals surface area contributed by atoms with Gasteiger partial charge in [0.15, 0.2) is 5.88 Å². The number of amides is 1. The largest absolute Gasteiger partial charge is 0.474 e. The Bertz CT molecular complexity index is 871. The minimum atomic E-state index is -0.367. The summed E-state index contributed by atoms with van der Waals surface area (Å²) < 4.78 is 5.73. The lowest BCUT2D eigenvalue weighted by molar-refractivity contribution is 0.0565. The molecule has 0 aliphatic carbocycles. The Labute approximate surface area is 192 Å². The number of hydrogen-bond donors (Lipinski definition) is 3. The minimum absolute atomic E-state index is 0.275. The molecule has 0 atom stereocenters. The Morgan fingerprint density at radius 2 is 1.72 bits per heavy atom. The summed E-state index contributed by atoms with van der Waals surface area (Å²) in [6.07, 6.45) is 1.74. The van der Waals surface area contributed by atoms with E-state index in [1.807, 2.05) is 51.1 Å². The maximum Gasteiger partial charge on any atom is 0.274 e. The van der Waals surface area contributed by atoms with E-state index in [0.29, 0.717) is 23.0 Å². The van der Waals surface area contributed by atoms with Crippen LogP contribution in [0.3, 0.4) is 0 Å². The summed E-state index contributed by atoms with van der Waals surface area (Å²) in [5.41, 5.74) is 2.35. The van der Waals surface area contributed by atoms with Crippen LogP contribution in [0.4, 0.5) is 11.4 Å². The molecular formula is C25H37N5O2. The first-order valence-corrected chi connectivity index (χ1v) is 11.1. The Kier molecular flexibility index (Phi) is 9.68. The number of anilines is 2. The highest BCUT2D eigenvalue weighted by atomic mass is 16.5. The molecule has 1 aromatic heterocycles. The molecule has 0 fully saturated rings. The molecule has 0 bridgehead atoms. The Morgan fingerprint density at radius 1 is 1.06 bits per heavy atom. The fourth-order valence-corrected chi connectivity index (χ4v) is 3.11. The molecule has 0 saturated carbocycles. The van der Waals surface area contributed by atoms with Crippen LogP contribution in [0, 0.1) is 0 Å². The first-order chi connectivity index (χ1) is 15.2. The van der Waals surface area contributed by atoms with Gasteiger partial charge in [0, 0.05) is 25.8 Å². The van der Waals surface area contributed by atoms with Crippen molar-refractivity contribution in [2.45, 2.75) is 46.8 Å². The van der Waals surface area contributed by atoms with Crippen molar-refractivity contribution in [3.63, 3.8) is 0 Å². The molecule has 1 heterocycles. The zero-order chi connectivity index (χ0) is 23.6. The van der Waals surface area contributed by atoms with Crippen molar-refractivity contribution in [2.24, 2.45) is 0 Å². The van der Waals surface area contributed by atoms with E-state index in [-0.39, 0.29) is 11.5 Å². The van der Waals surface area contributed by atoms with Crippen molar-refractivity contribution in [3.05, 3.63) is 66.3 Å². The van der Waals surface area contributed by atoms with Crippen molar-refractivity contribution in [2.75, 3.05) is 36.8 Å². The molecule has 7 heteroatoms. The topological polar surface area (TPSA) is 78.5 Å². The molecular weight excluding hydrogens is 402 g/mol. The van der Waals surface area contributed by atoms with Crippen LogP contribution in [-0.4, -0.2) is 47.6 Å². The van der Waals surface area contributed by atoms with Gasteiger partial charge in [-0.1, -0.05) is 32.0 Å². The van der Waals surface area contributed by atoms with Gasteiger partial charge >= 0.3 is 0 Å². The van der Waals surface area contributed by atoms with Crippen molar-refractivity contribution in [1.82, 2.24) is 15.2 Å². The Morgan fingerprint density at radius 3 is 2.28 bits per heavy atom. The number of ether oxygens (including phenoxy) is 1. The second kappa shape index (κ2) is 12.2. The summed E-state index contributed by atoms with van der Waals surface area (Å²) >= 11 is 0. The minimum Gasteiger partial charge on any atom is -0.474 e. The summed E-state index contributed by atoms with van der Waals surface area (Å²) in [7, 11) is 0. The molecule has 0 spiro atoms. The first-order valence-electron chi connectivity index (χ1n) is 11.1. The molecule has 0 saturated heterocycles. The average Bonchev–Trinajstić information content (AvgIpc) is 2.74. The van der Waals surface area contributed by atoms with Gasteiger partial charge in [0.05, 0.1) is 11.4 Å². The summed E-state index contributed by atoms with van der Waals surface area (Å²) in [5.74, 6) is 0.137. The number of carbonyl (C=O) groups excluding carboxylic acids is 1. The monoisotopic (exact) mass is 439 g/mol. The molecule has 0 unspecified atom stereocenters. The predicted octanol–water partition coefficient (Wildman–Crippen LogP) is 4.46. The van der Waals surface area contributed by atoms with E-state index in [4.69, 9.17) is 4.74 Å². The van der Waals surface area contributed by atoms with E-state index in [0.717, 1.165) is 38.3 Å². The van der Waals surface area contributed by atoms with Crippen molar-refractivity contribution in [1.29, 1.82) is 0 Å². The van der Waals surface area contributed by atoms with Crippen molar-refractivity contribution in [3.8, 4) is 0 Å². The quantitative estimate of drug-likeness (QED) is 0.335. The van der Waals surface area contributed by atoms with Gasteiger partial charge in [-0.15, -0.1) is 0 Å². The van der Waals surface area contributed by atoms with Gasteiger partial charge in [0.1, 0.15) is 11.3 Å². The van der Waals surface area contributed by atoms with E-state index in [1.165, 1.54) is 0 Å². The number of hydrogen-bond acceptors (Lipinski definition) is 6. The van der Waals surface area contributed by atoms with Crippen molar-refractivity contribution >= 4 is 17.3 Å². The number of aromatic nitrogens is 1. The molecule has 0 aliphatic rings. The van der Waals surface area contributed by atoms with E-state index in [1.54, 1.807) is 12.3 Å². The fourth-order valence-electron chi connectivity index (χ4n) is 3.11. The zero-order valence-electron chi connectivity index (χ0n) is 20.0. The summed E-state index contributed by atoms with van der Waals surface area (Å²) in [4.78, 5) is 19.4. The maximum atomic E-state index is 12.7. The Balaban J connectivity index is 1.92. The fraction of sp³-hybridized carbons (Fsp3) is 0.440. The summed E-state index contributed by atoms with van der Waals surface area (Å²) in [6, 6.07) is 11.1. The molecule has 32 heavy (non-hydrogen) atoms. The van der Waals surface area contributed by atoms with Crippen molar-refractivity contribution < 1.29 is 9.53 Å². The van der Waals surface area contributed by atoms with Crippen LogP contribution in [0.1, 0.15) is 50.7 Å². The number of para-hydroxylation sites is 2. The van der Waals surface area contributed by atoms with Gasteiger partial charge in [-0.3, -0.25) is 9.78 Å². The lowest BCUT2D eigenvalue weighted by Gasteiger charge is -2.24. The van der Waals surface area contributed by atoms with Gasteiger partial charge in [0.25, 0.3) is 5.91 Å². The van der Waals surface area contributed by atoms with Crippen LogP contribution in [-0.2, 0) is 11.3 Å². The number of pyridine rings is 1. The molecule has 2 rings (SSSR count). The van der Waals surface area contributed by atoms with Crippen LogP contribution in [0.25, 0.3) is 0 Å². The SMILES string of the molecule is C=C(Nc1ccccc1NC(=O)c1ccc(CNCCN(CC)CC)cn1)OC(C)(C)C. The second-order valence-corrected chi connectivity index (χ2v) is 8.52. The lowest BCUT2D eigenvalue weighted by Crippen LogP contribution is -2.31. The number of carbonyl (C=O) groups is 1. The second-order valence-electron chi connectivity index (χ2n) is 8.52. The van der Waals surface area contributed by atoms with Gasteiger partial charge in [0.2, 0.25) is 0 Å². The smallest absolute Gasteiger partial charge is 0.274 e. The number of nitrogens with zero attached hydrogens (tertiary/aromatic N) is 2. The molecule has 7 nitrogen and oxygen atoms in total. The highest BCUT2D eigenvalue weighted by Gasteiger charge is 2.15. The standard InChI is InChI=1S/C25H37N5O2/c1-7-30(8-2)16-15-26-17-20-13-14-23(27-18-20)24(31)29-22-12-10-9-11-21(22)28-19(3)32-25(4,5)6/h9-14,18,26,28H,3,7-8,15-17H2,1-2,4-6H3,(H,29,31). The van der Waals surface area contributed by atoms with E-state index in [9.17, 15) is 4.79 Å². The first kappa shape index (κ1) is 25.4. The number of likely N-dealkylation sites (N-methyl/N-ethyl adjacent to an activating group) is 1. The van der Waals surface area contributed by atoms with Gasteiger partial charge in [-0.05, 0) is 64.2 Å². The molecule has 0 radical (unpaired) electrons. The number of nitrogens with one attached hydrogen (secondary N) is 3. The van der Waals surface area contributed by atoms with Crippen LogP contribution in [0.2, 0.25) is 0 Å². The van der Waals surface area contributed by atoms with Crippen LogP contribution >= 0.6 is 0 Å². The van der Waals surface area contributed by atoms with Crippen LogP contribution in [0.5, 0.6) is 0 Å². The van der Waals surface area contributed by atoms with Gasteiger partial charge in [-0.25, -0.2) is 0 Å². The third kappa shape index (κ3) is 8.69.